The lowest BCUT2D eigenvalue weighted by molar-refractivity contribution is -0.384. The molecule has 2 aromatic carbocycles. The van der Waals surface area contributed by atoms with E-state index in [1.807, 2.05) is 48.1 Å². The van der Waals surface area contributed by atoms with Crippen molar-refractivity contribution in [2.75, 3.05) is 11.6 Å². The van der Waals surface area contributed by atoms with Crippen molar-refractivity contribution in [2.45, 2.75) is 25.8 Å². The van der Waals surface area contributed by atoms with Crippen molar-refractivity contribution in [3.8, 4) is 0 Å². The SMILES string of the molecule is CC1(C)C=C(c2ccc([N+](=O)[O-])cc2)c2ccccc2N2CCC(=O)N21. The summed E-state index contributed by atoms with van der Waals surface area (Å²) in [5, 5.41) is 14.8. The van der Waals surface area contributed by atoms with Gasteiger partial charge >= 0.3 is 0 Å². The van der Waals surface area contributed by atoms with Gasteiger partial charge in [0.2, 0.25) is 5.91 Å². The number of para-hydroxylation sites is 1. The average molecular weight is 349 g/mol. The molecule has 0 N–H and O–H groups in total. The van der Waals surface area contributed by atoms with Gasteiger partial charge in [-0.2, -0.15) is 0 Å². The van der Waals surface area contributed by atoms with Crippen LogP contribution in [0.4, 0.5) is 11.4 Å². The molecule has 0 radical (unpaired) electrons. The zero-order chi connectivity index (χ0) is 18.5. The summed E-state index contributed by atoms with van der Waals surface area (Å²) in [6.07, 6.45) is 2.58. The number of anilines is 1. The molecule has 0 aromatic heterocycles. The summed E-state index contributed by atoms with van der Waals surface area (Å²) in [5.41, 5.74) is 3.42. The second kappa shape index (κ2) is 5.69. The third kappa shape index (κ3) is 2.45. The van der Waals surface area contributed by atoms with Gasteiger partial charge in [0.25, 0.3) is 5.69 Å². The Balaban J connectivity index is 1.91. The predicted molar refractivity (Wildman–Crippen MR) is 99.5 cm³/mol. The summed E-state index contributed by atoms with van der Waals surface area (Å²) in [6, 6.07) is 14.6. The first-order chi connectivity index (χ1) is 12.4. The van der Waals surface area contributed by atoms with Crippen LogP contribution >= 0.6 is 0 Å². The molecule has 0 unspecified atom stereocenters. The van der Waals surface area contributed by atoms with Crippen LogP contribution in [0.2, 0.25) is 0 Å². The van der Waals surface area contributed by atoms with E-state index < -0.39 is 10.5 Å². The van der Waals surface area contributed by atoms with Crippen LogP contribution in [0.25, 0.3) is 5.57 Å². The fraction of sp³-hybridized carbons (Fsp3) is 0.250. The summed E-state index contributed by atoms with van der Waals surface area (Å²) in [7, 11) is 0. The first kappa shape index (κ1) is 16.3. The maximum atomic E-state index is 12.5. The largest absolute Gasteiger partial charge is 0.281 e. The van der Waals surface area contributed by atoms with E-state index in [1.54, 1.807) is 12.1 Å². The number of carbonyl (C=O) groups excluding carboxylic acids is 1. The number of rotatable bonds is 2. The van der Waals surface area contributed by atoms with E-state index in [2.05, 4.69) is 6.08 Å². The Morgan fingerprint density at radius 1 is 1.08 bits per heavy atom. The van der Waals surface area contributed by atoms with Gasteiger partial charge in [-0.05, 0) is 49.3 Å². The van der Waals surface area contributed by atoms with E-state index in [4.69, 9.17) is 0 Å². The highest BCUT2D eigenvalue weighted by molar-refractivity contribution is 5.92. The third-order valence-corrected chi connectivity index (χ3v) is 4.92. The van der Waals surface area contributed by atoms with Crippen molar-refractivity contribution in [3.63, 3.8) is 0 Å². The van der Waals surface area contributed by atoms with Crippen molar-refractivity contribution in [2.24, 2.45) is 0 Å². The molecule has 2 aliphatic rings. The summed E-state index contributed by atoms with van der Waals surface area (Å²) in [5.74, 6) is 0.103. The molecule has 0 saturated carbocycles. The molecule has 0 atom stereocenters. The van der Waals surface area contributed by atoms with Gasteiger partial charge in [0.15, 0.2) is 0 Å². The van der Waals surface area contributed by atoms with E-state index >= 15 is 0 Å². The Kier molecular flexibility index (Phi) is 3.57. The van der Waals surface area contributed by atoms with Crippen LogP contribution in [0.1, 0.15) is 31.4 Å². The van der Waals surface area contributed by atoms with E-state index in [0.29, 0.717) is 13.0 Å². The molecule has 1 amide bonds. The minimum atomic E-state index is -0.510. The van der Waals surface area contributed by atoms with Gasteiger partial charge in [-0.25, -0.2) is 5.01 Å². The maximum absolute atomic E-state index is 12.5. The monoisotopic (exact) mass is 349 g/mol. The molecule has 2 aliphatic heterocycles. The second-order valence-corrected chi connectivity index (χ2v) is 7.11. The Morgan fingerprint density at radius 2 is 1.77 bits per heavy atom. The molecule has 0 bridgehead atoms. The smallest absolute Gasteiger partial charge is 0.269 e. The van der Waals surface area contributed by atoms with Crippen LogP contribution in [0.3, 0.4) is 0 Å². The van der Waals surface area contributed by atoms with Crippen LogP contribution in [-0.2, 0) is 4.79 Å². The van der Waals surface area contributed by atoms with Crippen molar-refractivity contribution in [3.05, 3.63) is 75.8 Å². The van der Waals surface area contributed by atoms with E-state index in [0.717, 1.165) is 22.4 Å². The normalized spacial score (nSPS) is 18.1. The van der Waals surface area contributed by atoms with Gasteiger partial charge in [0.1, 0.15) is 0 Å². The molecule has 132 valence electrons. The van der Waals surface area contributed by atoms with Gasteiger partial charge in [0.05, 0.1) is 16.1 Å². The van der Waals surface area contributed by atoms with E-state index in [-0.39, 0.29) is 11.6 Å². The highest BCUT2D eigenvalue weighted by Gasteiger charge is 2.42. The van der Waals surface area contributed by atoms with Gasteiger partial charge in [-0.1, -0.05) is 18.2 Å². The van der Waals surface area contributed by atoms with Crippen molar-refractivity contribution in [1.82, 2.24) is 5.01 Å². The average Bonchev–Trinajstić information content (AvgIpc) is 2.98. The van der Waals surface area contributed by atoms with E-state index in [1.165, 1.54) is 12.1 Å². The molecule has 2 heterocycles. The fourth-order valence-electron chi connectivity index (χ4n) is 3.82. The highest BCUT2D eigenvalue weighted by Crippen LogP contribution is 2.42. The van der Waals surface area contributed by atoms with Crippen LogP contribution in [-0.4, -0.2) is 27.9 Å². The molecule has 1 saturated heterocycles. The number of carbonyl (C=O) groups is 1. The van der Waals surface area contributed by atoms with Crippen molar-refractivity contribution in [1.29, 1.82) is 0 Å². The van der Waals surface area contributed by atoms with E-state index in [9.17, 15) is 14.9 Å². The molecule has 4 rings (SSSR count). The Hall–Kier alpha value is -3.15. The third-order valence-electron chi connectivity index (χ3n) is 4.92. The summed E-state index contributed by atoms with van der Waals surface area (Å²) >= 11 is 0. The molecular formula is C20H19N3O3. The number of hydrogen-bond donors (Lipinski definition) is 0. The number of nitro groups is 1. The number of fused-ring (bicyclic) bond motifs is 3. The number of hydrogen-bond acceptors (Lipinski definition) is 4. The van der Waals surface area contributed by atoms with Gasteiger partial charge in [-0.15, -0.1) is 0 Å². The second-order valence-electron chi connectivity index (χ2n) is 7.11. The standard InChI is InChI=1S/C20H19N3O3/c1-20(2)13-17(14-7-9-15(10-8-14)23(25)26)16-5-3-4-6-18(16)21-12-11-19(24)22(20)21/h3-10,13H,11-12H2,1-2H3. The van der Waals surface area contributed by atoms with Crippen LogP contribution < -0.4 is 5.01 Å². The summed E-state index contributed by atoms with van der Waals surface area (Å²) in [4.78, 5) is 23.1. The zero-order valence-corrected chi connectivity index (χ0v) is 14.7. The Labute approximate surface area is 151 Å². The maximum Gasteiger partial charge on any atom is 0.269 e. The minimum absolute atomic E-state index is 0.0649. The lowest BCUT2D eigenvalue weighted by Crippen LogP contribution is -2.51. The van der Waals surface area contributed by atoms with Crippen LogP contribution in [0.15, 0.2) is 54.6 Å². The zero-order valence-electron chi connectivity index (χ0n) is 14.7. The summed E-state index contributed by atoms with van der Waals surface area (Å²) < 4.78 is 0. The van der Waals surface area contributed by atoms with Crippen LogP contribution in [0, 0.1) is 10.1 Å². The molecule has 6 nitrogen and oxygen atoms in total. The van der Waals surface area contributed by atoms with Crippen molar-refractivity contribution >= 4 is 22.9 Å². The number of hydrazine groups is 1. The predicted octanol–water partition coefficient (Wildman–Crippen LogP) is 3.77. The lowest BCUT2D eigenvalue weighted by atomic mass is 9.91. The molecular weight excluding hydrogens is 330 g/mol. The number of amides is 1. The minimum Gasteiger partial charge on any atom is -0.281 e. The molecule has 26 heavy (non-hydrogen) atoms. The van der Waals surface area contributed by atoms with Gasteiger partial charge < -0.3 is 0 Å². The first-order valence-corrected chi connectivity index (χ1v) is 8.56. The molecule has 0 aliphatic carbocycles. The molecule has 0 spiro atoms. The first-order valence-electron chi connectivity index (χ1n) is 8.56. The molecule has 1 fully saturated rings. The quantitative estimate of drug-likeness (QED) is 0.611. The Morgan fingerprint density at radius 3 is 2.46 bits per heavy atom. The van der Waals surface area contributed by atoms with Crippen molar-refractivity contribution < 1.29 is 9.72 Å². The van der Waals surface area contributed by atoms with Crippen LogP contribution in [0.5, 0.6) is 0 Å². The molecule has 2 aromatic rings. The van der Waals surface area contributed by atoms with Gasteiger partial charge in [-0.3, -0.25) is 19.9 Å². The van der Waals surface area contributed by atoms with Gasteiger partial charge in [0, 0.05) is 30.7 Å². The Bertz CT molecular complexity index is 932. The number of nitrogens with zero attached hydrogens (tertiary/aromatic N) is 3. The molecule has 6 heteroatoms. The fourth-order valence-corrected chi connectivity index (χ4v) is 3.82. The lowest BCUT2D eigenvalue weighted by Gasteiger charge is -2.39. The summed E-state index contributed by atoms with van der Waals surface area (Å²) in [6.45, 7) is 4.68. The number of benzene rings is 2. The highest BCUT2D eigenvalue weighted by atomic mass is 16.6. The topological polar surface area (TPSA) is 66.7 Å². The number of non-ortho nitro benzene ring substituents is 1. The number of nitro benzene ring substituents is 1.